The molecular weight excluding hydrogens is 450 g/mol. The number of carbonyl (C=O) groups excluding carboxylic acids is 3. The van der Waals surface area contributed by atoms with Crippen molar-refractivity contribution in [2.75, 3.05) is 7.05 Å². The number of hydrogen-bond acceptors (Lipinski definition) is 4. The van der Waals surface area contributed by atoms with E-state index in [0.717, 1.165) is 50.0 Å². The fourth-order valence-corrected chi connectivity index (χ4v) is 10.6. The van der Waals surface area contributed by atoms with E-state index in [9.17, 15) is 19.6 Å². The van der Waals surface area contributed by atoms with E-state index in [1.54, 1.807) is 0 Å². The maximum Gasteiger partial charge on any atom is 0.251 e. The van der Waals surface area contributed by atoms with E-state index in [1.807, 2.05) is 13.0 Å². The first kappa shape index (κ1) is 26.1. The summed E-state index contributed by atoms with van der Waals surface area (Å²) in [6, 6.07) is 0. The molecule has 200 valence electrons. The van der Waals surface area contributed by atoms with E-state index >= 15 is 0 Å². The summed E-state index contributed by atoms with van der Waals surface area (Å²) in [6.45, 7) is 15.7. The van der Waals surface area contributed by atoms with Crippen molar-refractivity contribution < 1.29 is 19.6 Å². The van der Waals surface area contributed by atoms with Gasteiger partial charge in [0.2, 0.25) is 0 Å². The minimum Gasteiger partial charge on any atom is -0.299 e. The van der Waals surface area contributed by atoms with Crippen LogP contribution < -0.4 is 0 Å². The van der Waals surface area contributed by atoms with Crippen LogP contribution in [0, 0.1) is 50.2 Å². The molecule has 5 aliphatic rings. The molecule has 5 nitrogen and oxygen atoms in total. The first-order valence-electron chi connectivity index (χ1n) is 14.2. The fraction of sp³-hybridized carbons (Fsp3) is 0.839. The molecule has 0 heterocycles. The van der Waals surface area contributed by atoms with Crippen molar-refractivity contribution in [3.8, 4) is 0 Å². The summed E-state index contributed by atoms with van der Waals surface area (Å²) < 4.78 is 0. The standard InChI is InChI=1S/C31H47NO4/c1-26(2)22-9-12-31(7)24(29(22,5)11-10-23(26)34)21(33)17-19-20-18-28(4,25(35)32(8)36)14-13-27(20,3)15-16-30(19,31)6/h17,20,22,24,36H,9-16,18H2,1-8H3. The SMILES string of the molecule is CN(O)C(=O)C1(C)CCC2(C)CCC3(C)C(=CC(=O)C4C5(C)CCC(=O)C(C)(C)C5CCC43C)C2C1. The molecule has 5 heteroatoms. The van der Waals surface area contributed by atoms with Gasteiger partial charge in [-0.25, -0.2) is 5.06 Å². The van der Waals surface area contributed by atoms with Crippen molar-refractivity contribution in [3.05, 3.63) is 11.6 Å². The first-order valence-corrected chi connectivity index (χ1v) is 14.2. The van der Waals surface area contributed by atoms with Gasteiger partial charge < -0.3 is 0 Å². The van der Waals surface area contributed by atoms with E-state index in [-0.39, 0.29) is 56.5 Å². The topological polar surface area (TPSA) is 74.7 Å². The van der Waals surface area contributed by atoms with E-state index in [0.29, 0.717) is 18.6 Å². The van der Waals surface area contributed by atoms with Crippen LogP contribution in [-0.4, -0.2) is 34.8 Å². The van der Waals surface area contributed by atoms with Crippen molar-refractivity contribution in [3.63, 3.8) is 0 Å². The highest BCUT2D eigenvalue weighted by molar-refractivity contribution is 5.96. The van der Waals surface area contributed by atoms with Crippen molar-refractivity contribution in [2.24, 2.45) is 50.2 Å². The number of allylic oxidation sites excluding steroid dienone is 2. The van der Waals surface area contributed by atoms with Crippen molar-refractivity contribution in [2.45, 2.75) is 106 Å². The number of nitrogens with zero attached hydrogens (tertiary/aromatic N) is 1. The summed E-state index contributed by atoms with van der Waals surface area (Å²) in [4.78, 5) is 40.3. The predicted molar refractivity (Wildman–Crippen MR) is 139 cm³/mol. The lowest BCUT2D eigenvalue weighted by atomic mass is 9.33. The van der Waals surface area contributed by atoms with Crippen LogP contribution in [0.1, 0.15) is 106 Å². The van der Waals surface area contributed by atoms with E-state index in [2.05, 4.69) is 41.5 Å². The Kier molecular flexibility index (Phi) is 5.48. The molecule has 1 amide bonds. The van der Waals surface area contributed by atoms with Gasteiger partial charge in [0, 0.05) is 30.2 Å². The number of carbonyl (C=O) groups is 3. The highest BCUT2D eigenvalue weighted by Crippen LogP contribution is 2.74. The Bertz CT molecular complexity index is 1060. The summed E-state index contributed by atoms with van der Waals surface area (Å²) in [5, 5.41) is 10.8. The third-order valence-corrected chi connectivity index (χ3v) is 13.1. The number of hydrogen-bond donors (Lipinski definition) is 1. The number of amides is 1. The summed E-state index contributed by atoms with van der Waals surface area (Å²) >= 11 is 0. The van der Waals surface area contributed by atoms with Crippen LogP contribution in [0.5, 0.6) is 0 Å². The fourth-order valence-electron chi connectivity index (χ4n) is 10.6. The Morgan fingerprint density at radius 1 is 0.944 bits per heavy atom. The number of ketones is 2. The monoisotopic (exact) mass is 497 g/mol. The normalized spacial score (nSPS) is 49.7. The minimum atomic E-state index is -0.620. The van der Waals surface area contributed by atoms with Gasteiger partial charge in [-0.3, -0.25) is 19.6 Å². The summed E-state index contributed by atoms with van der Waals surface area (Å²) in [6.07, 6.45) is 9.92. The maximum atomic E-state index is 14.3. The molecule has 0 aromatic rings. The molecule has 0 saturated heterocycles. The Morgan fingerprint density at radius 3 is 2.22 bits per heavy atom. The van der Waals surface area contributed by atoms with Crippen molar-refractivity contribution in [1.29, 1.82) is 0 Å². The van der Waals surface area contributed by atoms with E-state index in [4.69, 9.17) is 0 Å². The van der Waals surface area contributed by atoms with Crippen LogP contribution in [0.2, 0.25) is 0 Å². The lowest BCUT2D eigenvalue weighted by Gasteiger charge is -2.70. The average Bonchev–Trinajstić information content (AvgIpc) is 2.78. The molecule has 8 atom stereocenters. The van der Waals surface area contributed by atoms with Crippen LogP contribution >= 0.6 is 0 Å². The van der Waals surface area contributed by atoms with Gasteiger partial charge in [-0.15, -0.1) is 0 Å². The second kappa shape index (κ2) is 7.55. The molecule has 0 aromatic carbocycles. The van der Waals surface area contributed by atoms with Crippen LogP contribution in [0.25, 0.3) is 0 Å². The number of hydroxylamine groups is 2. The second-order valence-corrected chi connectivity index (χ2v) is 15.2. The van der Waals surface area contributed by atoms with Gasteiger partial charge in [0.05, 0.1) is 0 Å². The highest BCUT2D eigenvalue weighted by atomic mass is 16.5. The number of rotatable bonds is 1. The van der Waals surface area contributed by atoms with Gasteiger partial charge >= 0.3 is 0 Å². The maximum absolute atomic E-state index is 14.3. The Morgan fingerprint density at radius 2 is 1.58 bits per heavy atom. The van der Waals surface area contributed by atoms with E-state index < -0.39 is 5.41 Å². The van der Waals surface area contributed by atoms with Gasteiger partial charge in [0.1, 0.15) is 5.78 Å². The minimum absolute atomic E-state index is 0.0724. The molecule has 5 rings (SSSR count). The quantitative estimate of drug-likeness (QED) is 0.337. The van der Waals surface area contributed by atoms with Crippen LogP contribution in [0.15, 0.2) is 11.6 Å². The van der Waals surface area contributed by atoms with Gasteiger partial charge in [-0.1, -0.05) is 54.0 Å². The van der Waals surface area contributed by atoms with Gasteiger partial charge in [-0.2, -0.15) is 0 Å². The number of fused-ring (bicyclic) bond motifs is 7. The van der Waals surface area contributed by atoms with E-state index in [1.165, 1.54) is 12.6 Å². The zero-order valence-electron chi connectivity index (χ0n) is 23.8. The van der Waals surface area contributed by atoms with Gasteiger partial charge in [0.25, 0.3) is 5.91 Å². The predicted octanol–water partition coefficient (Wildman–Crippen LogP) is 6.38. The molecule has 4 fully saturated rings. The first-order chi connectivity index (χ1) is 16.5. The van der Waals surface area contributed by atoms with Gasteiger partial charge in [0.15, 0.2) is 5.78 Å². The third-order valence-electron chi connectivity index (χ3n) is 13.1. The molecule has 4 saturated carbocycles. The molecule has 36 heavy (non-hydrogen) atoms. The summed E-state index contributed by atoms with van der Waals surface area (Å²) in [7, 11) is 1.43. The lowest BCUT2D eigenvalue weighted by Crippen LogP contribution is -2.66. The van der Waals surface area contributed by atoms with Crippen molar-refractivity contribution in [1.82, 2.24) is 5.06 Å². The largest absolute Gasteiger partial charge is 0.299 e. The smallest absolute Gasteiger partial charge is 0.251 e. The Labute approximate surface area is 217 Å². The molecule has 0 aromatic heterocycles. The molecule has 0 aliphatic heterocycles. The van der Waals surface area contributed by atoms with Crippen molar-refractivity contribution >= 4 is 17.5 Å². The molecule has 5 aliphatic carbocycles. The third kappa shape index (κ3) is 3.07. The summed E-state index contributed by atoms with van der Waals surface area (Å²) in [5.74, 6) is 0.712. The van der Waals surface area contributed by atoms with Crippen LogP contribution in [0.4, 0.5) is 0 Å². The number of Topliss-reactive ketones (excluding diaryl/α,β-unsaturated/α-hetero) is 1. The highest BCUT2D eigenvalue weighted by Gasteiger charge is 2.70. The second-order valence-electron chi connectivity index (χ2n) is 15.2. The average molecular weight is 498 g/mol. The molecule has 0 radical (unpaired) electrons. The molecule has 8 unspecified atom stereocenters. The molecule has 1 N–H and O–H groups in total. The molecular formula is C31H47NO4. The van der Waals surface area contributed by atoms with Gasteiger partial charge in [-0.05, 0) is 90.9 Å². The lowest BCUT2D eigenvalue weighted by molar-refractivity contribution is -0.190. The Balaban J connectivity index is 1.61. The summed E-state index contributed by atoms with van der Waals surface area (Å²) in [5.41, 5.74) is -0.109. The molecule has 0 spiro atoms. The van der Waals surface area contributed by atoms with Crippen LogP contribution in [0.3, 0.4) is 0 Å². The van der Waals surface area contributed by atoms with Crippen LogP contribution in [-0.2, 0) is 14.4 Å². The zero-order chi connectivity index (χ0) is 26.7. The molecule has 0 bridgehead atoms. The zero-order valence-corrected chi connectivity index (χ0v) is 23.8. The Hall–Kier alpha value is -1.49.